The minimum absolute atomic E-state index is 0.677. The maximum Gasteiger partial charge on any atom is 0.0118 e. The van der Waals surface area contributed by atoms with Crippen molar-refractivity contribution >= 4 is 15.9 Å². The molecule has 0 saturated heterocycles. The van der Waals surface area contributed by atoms with Gasteiger partial charge in [0, 0.05) is 4.83 Å². The van der Waals surface area contributed by atoms with Crippen LogP contribution in [0.25, 0.3) is 0 Å². The molecule has 0 aliphatic rings. The third-order valence-corrected chi connectivity index (χ3v) is 1.66. The smallest absolute Gasteiger partial charge is 0.0118 e. The summed E-state index contributed by atoms with van der Waals surface area (Å²) in [5, 5.41) is 3.28. The third kappa shape index (κ3) is 8.44. The molecule has 0 bridgehead atoms. The van der Waals surface area contributed by atoms with Gasteiger partial charge in [-0.2, -0.15) is 0 Å². The number of hydrogen-bond donors (Lipinski definition) is 1. The van der Waals surface area contributed by atoms with Crippen LogP contribution >= 0.6 is 15.9 Å². The minimum Gasteiger partial charge on any atom is -0.317 e. The second-order valence-electron chi connectivity index (χ2n) is 2.28. The van der Waals surface area contributed by atoms with E-state index in [1.54, 1.807) is 0 Å². The number of hydrogen-bond acceptors (Lipinski definition) is 1. The molecular weight excluding hydrogens is 178 g/mol. The summed E-state index contributed by atoms with van der Waals surface area (Å²) in [6.45, 7) is 6.58. The Morgan fingerprint density at radius 2 is 2.22 bits per heavy atom. The van der Waals surface area contributed by atoms with Gasteiger partial charge in [-0.1, -0.05) is 29.8 Å². The molecule has 0 spiro atoms. The first-order chi connectivity index (χ1) is 4.27. The second-order valence-corrected chi connectivity index (χ2v) is 3.84. The maximum atomic E-state index is 3.50. The fraction of sp³-hybridized carbons (Fsp3) is 1.00. The molecule has 0 amide bonds. The van der Waals surface area contributed by atoms with Crippen molar-refractivity contribution in [2.24, 2.45) is 0 Å². The summed E-state index contributed by atoms with van der Waals surface area (Å²) < 4.78 is 0. The summed E-state index contributed by atoms with van der Waals surface area (Å²) in [4.78, 5) is 0.677. The van der Waals surface area contributed by atoms with E-state index in [9.17, 15) is 0 Å². The van der Waals surface area contributed by atoms with Crippen LogP contribution in [-0.4, -0.2) is 17.9 Å². The molecule has 1 unspecified atom stereocenters. The Morgan fingerprint density at radius 1 is 1.56 bits per heavy atom. The molecule has 0 fully saturated rings. The Balaban J connectivity index is 2.75. The van der Waals surface area contributed by atoms with Gasteiger partial charge in [-0.3, -0.25) is 0 Å². The number of nitrogens with one attached hydrogen (secondary N) is 1. The molecule has 56 valence electrons. The zero-order valence-corrected chi connectivity index (χ0v) is 7.87. The lowest BCUT2D eigenvalue weighted by atomic mass is 10.2. The Morgan fingerprint density at radius 3 is 2.67 bits per heavy atom. The average Bonchev–Trinajstić information content (AvgIpc) is 1.80. The van der Waals surface area contributed by atoms with Crippen LogP contribution in [0.1, 0.15) is 26.7 Å². The molecule has 0 rings (SSSR count). The Labute approximate surface area is 66.3 Å². The van der Waals surface area contributed by atoms with Crippen molar-refractivity contribution in [1.82, 2.24) is 5.32 Å². The fourth-order valence-electron chi connectivity index (χ4n) is 0.685. The molecule has 1 N–H and O–H groups in total. The van der Waals surface area contributed by atoms with E-state index in [1.807, 2.05) is 0 Å². The number of halogens is 1. The molecule has 0 aromatic carbocycles. The number of rotatable bonds is 5. The van der Waals surface area contributed by atoms with Crippen LogP contribution in [0.4, 0.5) is 0 Å². The molecule has 0 saturated carbocycles. The van der Waals surface area contributed by atoms with Gasteiger partial charge >= 0.3 is 0 Å². The average molecular weight is 194 g/mol. The van der Waals surface area contributed by atoms with Crippen molar-refractivity contribution in [2.75, 3.05) is 13.1 Å². The summed E-state index contributed by atoms with van der Waals surface area (Å²) in [7, 11) is 0. The lowest BCUT2D eigenvalue weighted by Crippen LogP contribution is -2.14. The maximum absolute atomic E-state index is 3.50. The van der Waals surface area contributed by atoms with Crippen molar-refractivity contribution in [3.05, 3.63) is 0 Å². The predicted octanol–water partition coefficient (Wildman–Crippen LogP) is 2.16. The van der Waals surface area contributed by atoms with Gasteiger partial charge in [0.15, 0.2) is 0 Å². The third-order valence-electron chi connectivity index (χ3n) is 1.21. The molecule has 0 radical (unpaired) electrons. The van der Waals surface area contributed by atoms with E-state index in [2.05, 4.69) is 35.1 Å². The van der Waals surface area contributed by atoms with Crippen molar-refractivity contribution < 1.29 is 0 Å². The summed E-state index contributed by atoms with van der Waals surface area (Å²) in [5.74, 6) is 0. The van der Waals surface area contributed by atoms with E-state index < -0.39 is 0 Å². The van der Waals surface area contributed by atoms with Crippen molar-refractivity contribution in [2.45, 2.75) is 31.5 Å². The molecule has 0 aliphatic carbocycles. The molecule has 1 nitrogen and oxygen atoms in total. The van der Waals surface area contributed by atoms with Crippen LogP contribution in [-0.2, 0) is 0 Å². The summed E-state index contributed by atoms with van der Waals surface area (Å²) >= 11 is 3.50. The fourth-order valence-corrected chi connectivity index (χ4v) is 1.01. The van der Waals surface area contributed by atoms with E-state index in [0.29, 0.717) is 4.83 Å². The minimum atomic E-state index is 0.677. The lowest BCUT2D eigenvalue weighted by Gasteiger charge is -2.02. The monoisotopic (exact) mass is 193 g/mol. The highest BCUT2D eigenvalue weighted by molar-refractivity contribution is 9.09. The Bertz CT molecular complexity index is 54.9. The van der Waals surface area contributed by atoms with E-state index in [4.69, 9.17) is 0 Å². The Kier molecular flexibility index (Phi) is 6.88. The van der Waals surface area contributed by atoms with Gasteiger partial charge in [-0.15, -0.1) is 0 Å². The van der Waals surface area contributed by atoms with Gasteiger partial charge in [0.05, 0.1) is 0 Å². The van der Waals surface area contributed by atoms with Crippen LogP contribution in [0.2, 0.25) is 0 Å². The summed E-state index contributed by atoms with van der Waals surface area (Å²) in [6.07, 6.45) is 2.55. The summed E-state index contributed by atoms with van der Waals surface area (Å²) in [5.41, 5.74) is 0. The molecule has 2 heteroatoms. The van der Waals surface area contributed by atoms with E-state index >= 15 is 0 Å². The van der Waals surface area contributed by atoms with Gasteiger partial charge in [-0.25, -0.2) is 0 Å². The largest absolute Gasteiger partial charge is 0.317 e. The molecule has 1 atom stereocenters. The molecular formula is C7H16BrN. The van der Waals surface area contributed by atoms with Crippen molar-refractivity contribution in [3.8, 4) is 0 Å². The van der Waals surface area contributed by atoms with Gasteiger partial charge < -0.3 is 5.32 Å². The van der Waals surface area contributed by atoms with Crippen molar-refractivity contribution in [3.63, 3.8) is 0 Å². The van der Waals surface area contributed by atoms with Gasteiger partial charge in [0.25, 0.3) is 0 Å². The van der Waals surface area contributed by atoms with E-state index in [0.717, 1.165) is 13.1 Å². The number of alkyl halides is 1. The van der Waals surface area contributed by atoms with Gasteiger partial charge in [0.2, 0.25) is 0 Å². The molecule has 0 aliphatic heterocycles. The normalized spacial score (nSPS) is 13.7. The first-order valence-corrected chi connectivity index (χ1v) is 4.53. The topological polar surface area (TPSA) is 12.0 Å². The molecule has 0 aromatic heterocycles. The predicted molar refractivity (Wildman–Crippen MR) is 46.2 cm³/mol. The van der Waals surface area contributed by atoms with Crippen molar-refractivity contribution in [1.29, 1.82) is 0 Å². The SMILES string of the molecule is CCNCCCC(C)Br. The highest BCUT2D eigenvalue weighted by Crippen LogP contribution is 2.04. The van der Waals surface area contributed by atoms with Crippen LogP contribution in [0.3, 0.4) is 0 Å². The van der Waals surface area contributed by atoms with E-state index in [-0.39, 0.29) is 0 Å². The first kappa shape index (κ1) is 9.44. The second kappa shape index (κ2) is 6.56. The van der Waals surface area contributed by atoms with Crippen LogP contribution in [0.5, 0.6) is 0 Å². The van der Waals surface area contributed by atoms with E-state index in [1.165, 1.54) is 12.8 Å². The standard InChI is InChI=1S/C7H16BrN/c1-3-9-6-4-5-7(2)8/h7,9H,3-6H2,1-2H3. The Hall–Kier alpha value is 0.440. The van der Waals surface area contributed by atoms with Crippen LogP contribution in [0.15, 0.2) is 0 Å². The lowest BCUT2D eigenvalue weighted by molar-refractivity contribution is 0.642. The quantitative estimate of drug-likeness (QED) is 0.522. The van der Waals surface area contributed by atoms with Crippen LogP contribution in [0, 0.1) is 0 Å². The highest BCUT2D eigenvalue weighted by atomic mass is 79.9. The zero-order valence-electron chi connectivity index (χ0n) is 6.28. The molecule has 0 heterocycles. The molecule has 9 heavy (non-hydrogen) atoms. The zero-order chi connectivity index (χ0) is 7.11. The van der Waals surface area contributed by atoms with Gasteiger partial charge in [0.1, 0.15) is 0 Å². The first-order valence-electron chi connectivity index (χ1n) is 3.62. The van der Waals surface area contributed by atoms with Gasteiger partial charge in [-0.05, 0) is 25.9 Å². The highest BCUT2D eigenvalue weighted by Gasteiger charge is 1.92. The summed E-state index contributed by atoms with van der Waals surface area (Å²) in [6, 6.07) is 0. The van der Waals surface area contributed by atoms with Crippen LogP contribution < -0.4 is 5.32 Å². The molecule has 0 aromatic rings.